The number of carbonyl (C=O) groups excluding carboxylic acids is 2. The van der Waals surface area contributed by atoms with Crippen molar-refractivity contribution >= 4 is 22.7 Å². The first-order valence-electron chi connectivity index (χ1n) is 8.73. The quantitative estimate of drug-likeness (QED) is 0.540. The van der Waals surface area contributed by atoms with Gasteiger partial charge in [0.1, 0.15) is 11.3 Å². The molecule has 2 aromatic carbocycles. The molecule has 0 saturated heterocycles. The number of benzene rings is 2. The largest absolute Gasteiger partial charge is 0.467 e. The maximum absolute atomic E-state index is 12.4. The molecule has 0 bridgehead atoms. The number of hydrogen-bond donors (Lipinski definition) is 2. The number of aromatic nitrogens is 1. The van der Waals surface area contributed by atoms with Crippen LogP contribution in [0.5, 0.6) is 0 Å². The number of nitrogens with one attached hydrogen (secondary N) is 2. The van der Waals surface area contributed by atoms with Crippen LogP contribution in [0.4, 0.5) is 0 Å². The second-order valence-corrected chi connectivity index (χ2v) is 6.15. The van der Waals surface area contributed by atoms with E-state index in [4.69, 9.17) is 8.94 Å². The van der Waals surface area contributed by atoms with Gasteiger partial charge in [0.25, 0.3) is 5.91 Å². The van der Waals surface area contributed by atoms with Gasteiger partial charge in [0.05, 0.1) is 24.7 Å². The molecule has 0 aliphatic carbocycles. The molecule has 28 heavy (non-hydrogen) atoms. The number of hydrogen-bond acceptors (Lipinski definition) is 5. The average Bonchev–Trinajstić information content (AvgIpc) is 3.40. The minimum absolute atomic E-state index is 0.132. The predicted molar refractivity (Wildman–Crippen MR) is 102 cm³/mol. The Morgan fingerprint density at radius 1 is 0.964 bits per heavy atom. The van der Waals surface area contributed by atoms with E-state index in [1.54, 1.807) is 30.3 Å². The molecule has 4 rings (SSSR count). The summed E-state index contributed by atoms with van der Waals surface area (Å²) in [5, 5.41) is 10.1. The molecule has 0 spiro atoms. The van der Waals surface area contributed by atoms with Gasteiger partial charge in [-0.2, -0.15) is 0 Å². The second-order valence-electron chi connectivity index (χ2n) is 6.15. The molecule has 0 unspecified atom stereocenters. The molecule has 0 fully saturated rings. The zero-order valence-corrected chi connectivity index (χ0v) is 14.8. The van der Waals surface area contributed by atoms with Crippen LogP contribution < -0.4 is 10.6 Å². The van der Waals surface area contributed by atoms with Gasteiger partial charge in [0.2, 0.25) is 5.91 Å². The summed E-state index contributed by atoms with van der Waals surface area (Å²) in [6.45, 7) is 0.140. The third-order valence-electron chi connectivity index (χ3n) is 4.22. The van der Waals surface area contributed by atoms with E-state index < -0.39 is 0 Å². The summed E-state index contributed by atoms with van der Waals surface area (Å²) in [7, 11) is 0. The van der Waals surface area contributed by atoms with Crippen molar-refractivity contribution in [3.8, 4) is 11.3 Å². The molecular weight excluding hydrogens is 358 g/mol. The highest BCUT2D eigenvalue weighted by atomic mass is 16.5. The molecule has 4 aromatic rings. The average molecular weight is 375 g/mol. The smallest absolute Gasteiger partial charge is 0.251 e. The van der Waals surface area contributed by atoms with Crippen molar-refractivity contribution in [2.45, 2.75) is 6.54 Å². The van der Waals surface area contributed by atoms with Crippen molar-refractivity contribution in [3.05, 3.63) is 78.3 Å². The molecule has 2 N–H and O–H groups in total. The summed E-state index contributed by atoms with van der Waals surface area (Å²) in [6.07, 6.45) is 1.54. The van der Waals surface area contributed by atoms with Gasteiger partial charge >= 0.3 is 0 Å². The molecule has 0 aliphatic heterocycles. The van der Waals surface area contributed by atoms with Crippen LogP contribution in [0.2, 0.25) is 0 Å². The van der Waals surface area contributed by atoms with Crippen molar-refractivity contribution in [3.63, 3.8) is 0 Å². The van der Waals surface area contributed by atoms with Gasteiger partial charge in [-0.3, -0.25) is 9.59 Å². The Morgan fingerprint density at radius 2 is 1.82 bits per heavy atom. The van der Waals surface area contributed by atoms with Crippen LogP contribution in [0.1, 0.15) is 16.1 Å². The third-order valence-corrected chi connectivity index (χ3v) is 4.22. The van der Waals surface area contributed by atoms with Crippen molar-refractivity contribution in [1.82, 2.24) is 15.8 Å². The summed E-state index contributed by atoms with van der Waals surface area (Å²) in [5.41, 5.74) is 1.96. The van der Waals surface area contributed by atoms with E-state index in [9.17, 15) is 9.59 Å². The monoisotopic (exact) mass is 375 g/mol. The Balaban J connectivity index is 1.43. The van der Waals surface area contributed by atoms with Crippen LogP contribution in [-0.2, 0) is 11.3 Å². The number of amides is 2. The summed E-state index contributed by atoms with van der Waals surface area (Å²) < 4.78 is 10.6. The number of carbonyl (C=O) groups is 2. The zero-order valence-electron chi connectivity index (χ0n) is 14.8. The summed E-state index contributed by atoms with van der Waals surface area (Å²) in [6, 6.07) is 18.1. The van der Waals surface area contributed by atoms with Gasteiger partial charge in [-0.25, -0.2) is 0 Å². The van der Waals surface area contributed by atoms with Crippen LogP contribution >= 0.6 is 0 Å². The van der Waals surface area contributed by atoms with Crippen LogP contribution in [0.3, 0.4) is 0 Å². The van der Waals surface area contributed by atoms with Crippen molar-refractivity contribution in [2.75, 3.05) is 6.54 Å². The van der Waals surface area contributed by atoms with Crippen molar-refractivity contribution in [1.29, 1.82) is 0 Å². The van der Waals surface area contributed by atoms with Gasteiger partial charge in [0, 0.05) is 11.1 Å². The Bertz CT molecular complexity index is 1100. The zero-order chi connectivity index (χ0) is 19.3. The number of fused-ring (bicyclic) bond motifs is 1. The Morgan fingerprint density at radius 3 is 2.61 bits per heavy atom. The molecule has 0 radical (unpaired) electrons. The lowest BCUT2D eigenvalue weighted by Crippen LogP contribution is -2.36. The fourth-order valence-electron chi connectivity index (χ4n) is 2.80. The van der Waals surface area contributed by atoms with E-state index in [-0.39, 0.29) is 24.9 Å². The van der Waals surface area contributed by atoms with E-state index in [1.165, 1.54) is 6.26 Å². The first-order valence-corrected chi connectivity index (χ1v) is 8.73. The van der Waals surface area contributed by atoms with Gasteiger partial charge in [-0.15, -0.1) is 0 Å². The second kappa shape index (κ2) is 7.79. The summed E-state index contributed by atoms with van der Waals surface area (Å²) >= 11 is 0. The molecule has 2 aromatic heterocycles. The van der Waals surface area contributed by atoms with Crippen molar-refractivity contribution < 1.29 is 18.5 Å². The maximum Gasteiger partial charge on any atom is 0.251 e. The molecule has 0 saturated carbocycles. The third kappa shape index (κ3) is 3.78. The highest BCUT2D eigenvalue weighted by molar-refractivity contribution is 6.01. The number of furan rings is 1. The predicted octanol–water partition coefficient (Wildman–Crippen LogP) is 3.13. The highest BCUT2D eigenvalue weighted by Gasteiger charge is 2.14. The molecular formula is C21H17N3O4. The molecule has 0 aliphatic rings. The van der Waals surface area contributed by atoms with E-state index in [1.807, 2.05) is 30.3 Å². The lowest BCUT2D eigenvalue weighted by molar-refractivity contribution is -0.120. The molecule has 7 nitrogen and oxygen atoms in total. The van der Waals surface area contributed by atoms with Gasteiger partial charge < -0.3 is 19.6 Å². The van der Waals surface area contributed by atoms with Crippen molar-refractivity contribution in [2.24, 2.45) is 0 Å². The molecule has 0 atom stereocenters. The maximum atomic E-state index is 12.4. The van der Waals surface area contributed by atoms with Gasteiger partial charge in [-0.05, 0) is 30.3 Å². The topological polar surface area (TPSA) is 97.4 Å². The van der Waals surface area contributed by atoms with Crippen LogP contribution in [0.25, 0.3) is 22.2 Å². The Hall–Kier alpha value is -3.87. The van der Waals surface area contributed by atoms with Crippen LogP contribution in [0.15, 0.2) is 75.9 Å². The first kappa shape index (κ1) is 17.5. The molecule has 140 valence electrons. The van der Waals surface area contributed by atoms with E-state index in [0.29, 0.717) is 22.6 Å². The van der Waals surface area contributed by atoms with E-state index in [0.717, 1.165) is 10.9 Å². The lowest BCUT2D eigenvalue weighted by atomic mass is 10.1. The minimum Gasteiger partial charge on any atom is -0.467 e. The van der Waals surface area contributed by atoms with Crippen LogP contribution in [0, 0.1) is 0 Å². The SMILES string of the molecule is O=C(CNC(=O)c1ccc2noc(-c3ccccc3)c2c1)NCc1ccco1. The fourth-order valence-corrected chi connectivity index (χ4v) is 2.80. The molecule has 2 heterocycles. The van der Waals surface area contributed by atoms with Gasteiger partial charge in [0.15, 0.2) is 5.76 Å². The fraction of sp³-hybridized carbons (Fsp3) is 0.0952. The standard InChI is InChI=1S/C21H17N3O4/c25-19(22-12-16-7-4-10-27-16)13-23-21(26)15-8-9-18-17(11-15)20(28-24-18)14-5-2-1-3-6-14/h1-11H,12-13H2,(H,22,25)(H,23,26). The molecule has 2 amide bonds. The lowest BCUT2D eigenvalue weighted by Gasteiger charge is -2.06. The Labute approximate surface area is 160 Å². The minimum atomic E-state index is -0.352. The summed E-state index contributed by atoms with van der Waals surface area (Å²) in [4.78, 5) is 24.3. The number of rotatable bonds is 6. The normalized spacial score (nSPS) is 10.7. The number of nitrogens with zero attached hydrogens (tertiary/aromatic N) is 1. The van der Waals surface area contributed by atoms with E-state index in [2.05, 4.69) is 15.8 Å². The first-order chi connectivity index (χ1) is 13.7. The van der Waals surface area contributed by atoms with E-state index >= 15 is 0 Å². The van der Waals surface area contributed by atoms with Crippen LogP contribution in [-0.4, -0.2) is 23.5 Å². The summed E-state index contributed by atoms with van der Waals surface area (Å²) in [5.74, 6) is 0.587. The Kier molecular flexibility index (Phi) is 4.88. The van der Waals surface area contributed by atoms with Gasteiger partial charge in [-0.1, -0.05) is 35.5 Å². The highest BCUT2D eigenvalue weighted by Crippen LogP contribution is 2.29. The molecule has 7 heteroatoms.